The molecule has 0 saturated heterocycles. The quantitative estimate of drug-likeness (QED) is 0.735. The second-order valence-corrected chi connectivity index (χ2v) is 9.33. The molecule has 1 aromatic heterocycles. The van der Waals surface area contributed by atoms with Crippen molar-refractivity contribution in [3.8, 4) is 5.88 Å². The summed E-state index contributed by atoms with van der Waals surface area (Å²) in [5.74, 6) is -3.09. The Kier molecular flexibility index (Phi) is 5.69. The fourth-order valence-corrected chi connectivity index (χ4v) is 3.45. The normalized spacial score (nSPS) is 22.9. The molecule has 1 heterocycles. The van der Waals surface area contributed by atoms with Crippen molar-refractivity contribution >= 4 is 15.7 Å². The summed E-state index contributed by atoms with van der Waals surface area (Å²) in [6, 6.07) is -0.605. The van der Waals surface area contributed by atoms with Crippen molar-refractivity contribution in [2.45, 2.75) is 63.0 Å². The van der Waals surface area contributed by atoms with E-state index < -0.39 is 33.8 Å². The topological polar surface area (TPSA) is 98.2 Å². The summed E-state index contributed by atoms with van der Waals surface area (Å²) in [6.07, 6.45) is 4.41. The van der Waals surface area contributed by atoms with Crippen LogP contribution in [0.5, 0.6) is 5.88 Å². The summed E-state index contributed by atoms with van der Waals surface area (Å²) in [6.45, 7) is 1.59. The van der Waals surface area contributed by atoms with Crippen LogP contribution >= 0.6 is 0 Å². The van der Waals surface area contributed by atoms with Crippen LogP contribution in [0.15, 0.2) is 17.7 Å². The van der Waals surface area contributed by atoms with Crippen LogP contribution in [0.1, 0.15) is 61.1 Å². The minimum atomic E-state index is -3.33. The third-order valence-electron chi connectivity index (χ3n) is 4.63. The lowest BCUT2D eigenvalue weighted by Gasteiger charge is -2.21. The van der Waals surface area contributed by atoms with Crippen molar-refractivity contribution in [3.05, 3.63) is 29.1 Å². The van der Waals surface area contributed by atoms with Gasteiger partial charge in [0.15, 0.2) is 15.9 Å². The van der Waals surface area contributed by atoms with Crippen LogP contribution in [0.25, 0.3) is 0 Å². The zero-order chi connectivity index (χ0) is 20.5. The van der Waals surface area contributed by atoms with E-state index in [2.05, 4.69) is 15.3 Å². The number of aromatic nitrogens is 2. The van der Waals surface area contributed by atoms with Crippen molar-refractivity contribution in [1.29, 1.82) is 0 Å². The molecule has 2 fully saturated rings. The Balaban J connectivity index is 1.81. The molecule has 1 amide bonds. The first-order chi connectivity index (χ1) is 13.0. The van der Waals surface area contributed by atoms with E-state index in [1.165, 1.54) is 12.3 Å². The molecule has 0 radical (unpaired) electrons. The minimum absolute atomic E-state index is 0.0493. The van der Waals surface area contributed by atoms with Gasteiger partial charge in [-0.3, -0.25) is 4.79 Å². The largest absolute Gasteiger partial charge is 0.467 e. The van der Waals surface area contributed by atoms with Gasteiger partial charge in [-0.2, -0.15) is 4.98 Å². The number of carbonyl (C=O) groups excluding carboxylic acids is 1. The van der Waals surface area contributed by atoms with Crippen molar-refractivity contribution < 1.29 is 26.7 Å². The maximum Gasteiger partial charge on any atom is 0.284 e. The van der Waals surface area contributed by atoms with E-state index >= 15 is 0 Å². The number of rotatable bonds is 7. The standard InChI is InChI=1S/C18H23F2N3O4S/c1-11(7-9-28(2,25)26)22-16(24)13-10-21-15(12-5-6-12)23-17(13)27-14-4-3-8-18(14,19)20/h7,9-12,14H,3-6,8H2,1-2H3,(H,22,24)/b9-7+/t11-,14-/m0/s1. The molecule has 154 valence electrons. The van der Waals surface area contributed by atoms with Crippen LogP contribution in [-0.2, 0) is 9.84 Å². The van der Waals surface area contributed by atoms with Crippen LogP contribution in [0.3, 0.4) is 0 Å². The molecule has 0 bridgehead atoms. The highest BCUT2D eigenvalue weighted by atomic mass is 32.2. The van der Waals surface area contributed by atoms with E-state index in [-0.39, 0.29) is 30.2 Å². The first-order valence-corrected chi connectivity index (χ1v) is 11.1. The Bertz CT molecular complexity index is 885. The van der Waals surface area contributed by atoms with Crippen LogP contribution < -0.4 is 10.1 Å². The molecule has 0 unspecified atom stereocenters. The number of amides is 1. The van der Waals surface area contributed by atoms with E-state index in [1.807, 2.05) is 0 Å². The number of carbonyl (C=O) groups is 1. The van der Waals surface area contributed by atoms with Gasteiger partial charge in [-0.25, -0.2) is 22.2 Å². The van der Waals surface area contributed by atoms with Crippen LogP contribution in [0.2, 0.25) is 0 Å². The smallest absolute Gasteiger partial charge is 0.284 e. The lowest BCUT2D eigenvalue weighted by Crippen LogP contribution is -2.35. The fourth-order valence-electron chi connectivity index (χ4n) is 2.93. The molecular formula is C18H23F2N3O4S. The maximum atomic E-state index is 14.0. The molecule has 0 aliphatic heterocycles. The molecule has 10 heteroatoms. The van der Waals surface area contributed by atoms with Gasteiger partial charge >= 0.3 is 0 Å². The highest BCUT2D eigenvalue weighted by Gasteiger charge is 2.46. The average Bonchev–Trinajstić information content (AvgIpc) is 3.38. The summed E-state index contributed by atoms with van der Waals surface area (Å²) in [5, 5.41) is 3.57. The summed E-state index contributed by atoms with van der Waals surface area (Å²) in [4.78, 5) is 21.0. The maximum absolute atomic E-state index is 14.0. The molecule has 1 aromatic rings. The van der Waals surface area contributed by atoms with Crippen molar-refractivity contribution in [1.82, 2.24) is 15.3 Å². The van der Waals surface area contributed by atoms with Gasteiger partial charge in [0.25, 0.3) is 11.8 Å². The van der Waals surface area contributed by atoms with E-state index in [1.54, 1.807) is 6.92 Å². The van der Waals surface area contributed by atoms with E-state index in [4.69, 9.17) is 4.74 Å². The van der Waals surface area contributed by atoms with Gasteiger partial charge in [0.1, 0.15) is 11.4 Å². The van der Waals surface area contributed by atoms with Crippen molar-refractivity contribution in [2.75, 3.05) is 6.26 Å². The summed E-state index contributed by atoms with van der Waals surface area (Å²) in [7, 11) is -3.33. The first-order valence-electron chi connectivity index (χ1n) is 9.16. The summed E-state index contributed by atoms with van der Waals surface area (Å²) in [5.41, 5.74) is -0.0493. The van der Waals surface area contributed by atoms with E-state index in [0.29, 0.717) is 12.2 Å². The third kappa shape index (κ3) is 5.24. The van der Waals surface area contributed by atoms with Crippen molar-refractivity contribution in [2.24, 2.45) is 0 Å². The zero-order valence-electron chi connectivity index (χ0n) is 15.7. The van der Waals surface area contributed by atoms with E-state index in [9.17, 15) is 22.0 Å². The zero-order valence-corrected chi connectivity index (χ0v) is 16.5. The lowest BCUT2D eigenvalue weighted by molar-refractivity contribution is -0.0753. The van der Waals surface area contributed by atoms with Gasteiger partial charge in [0.05, 0.1) is 0 Å². The van der Waals surface area contributed by atoms with Gasteiger partial charge < -0.3 is 10.1 Å². The van der Waals surface area contributed by atoms with Gasteiger partial charge in [-0.1, -0.05) is 6.08 Å². The Morgan fingerprint density at radius 3 is 2.68 bits per heavy atom. The highest BCUT2D eigenvalue weighted by molar-refractivity contribution is 7.93. The molecule has 28 heavy (non-hydrogen) atoms. The van der Waals surface area contributed by atoms with Crippen molar-refractivity contribution in [3.63, 3.8) is 0 Å². The Morgan fingerprint density at radius 1 is 1.39 bits per heavy atom. The number of nitrogens with one attached hydrogen (secondary N) is 1. The second kappa shape index (κ2) is 7.73. The van der Waals surface area contributed by atoms with Crippen LogP contribution in [0, 0.1) is 0 Å². The number of sulfone groups is 1. The minimum Gasteiger partial charge on any atom is -0.467 e. The summed E-state index contributed by atoms with van der Waals surface area (Å²) >= 11 is 0. The van der Waals surface area contributed by atoms with Gasteiger partial charge in [-0.05, 0) is 32.6 Å². The molecule has 2 aliphatic rings. The molecule has 0 spiro atoms. The molecule has 2 saturated carbocycles. The molecule has 1 N–H and O–H groups in total. The van der Waals surface area contributed by atoms with Gasteiger partial charge in [0.2, 0.25) is 5.88 Å². The van der Waals surface area contributed by atoms with E-state index in [0.717, 1.165) is 24.5 Å². The summed E-state index contributed by atoms with van der Waals surface area (Å²) < 4.78 is 55.8. The number of alkyl halides is 2. The highest BCUT2D eigenvalue weighted by Crippen LogP contribution is 2.40. The van der Waals surface area contributed by atoms with Crippen LogP contribution in [0.4, 0.5) is 8.78 Å². The number of halogens is 2. The number of hydrogen-bond donors (Lipinski definition) is 1. The lowest BCUT2D eigenvalue weighted by atomic mass is 10.2. The Hall–Kier alpha value is -2.10. The third-order valence-corrected chi connectivity index (χ3v) is 5.29. The molecule has 2 aliphatic carbocycles. The average molecular weight is 415 g/mol. The molecule has 0 aromatic carbocycles. The monoisotopic (exact) mass is 415 g/mol. The van der Waals surface area contributed by atoms with Gasteiger partial charge in [-0.15, -0.1) is 0 Å². The fraction of sp³-hybridized carbons (Fsp3) is 0.611. The second-order valence-electron chi connectivity index (χ2n) is 7.40. The first kappa shape index (κ1) is 20.6. The SMILES string of the molecule is C[C@@H](/C=C/S(C)(=O)=O)NC(=O)c1cnc(C2CC2)nc1O[C@H]1CCCC1(F)F. The Labute approximate surface area is 162 Å². The molecule has 3 rings (SSSR count). The van der Waals surface area contributed by atoms with Crippen LogP contribution in [-0.4, -0.2) is 48.6 Å². The predicted molar refractivity (Wildman–Crippen MR) is 98.1 cm³/mol. The van der Waals surface area contributed by atoms with Gasteiger partial charge in [0, 0.05) is 36.2 Å². The number of nitrogens with zero attached hydrogens (tertiary/aromatic N) is 2. The predicted octanol–water partition coefficient (Wildman–Crippen LogP) is 2.60. The number of ether oxygens (including phenoxy) is 1. The molecular weight excluding hydrogens is 392 g/mol. The molecule has 7 nitrogen and oxygen atoms in total. The number of hydrogen-bond acceptors (Lipinski definition) is 6. The Morgan fingerprint density at radius 2 is 2.11 bits per heavy atom. The molecule has 2 atom stereocenters.